The van der Waals surface area contributed by atoms with Gasteiger partial charge in [0.2, 0.25) is 11.8 Å². The van der Waals surface area contributed by atoms with E-state index in [0.717, 1.165) is 11.3 Å². The van der Waals surface area contributed by atoms with Gasteiger partial charge in [0.05, 0.1) is 12.5 Å². The summed E-state index contributed by atoms with van der Waals surface area (Å²) in [5.74, 6) is -0.152. The molecule has 0 bridgehead atoms. The molecular formula is C19H23N3O2. The second-order valence-corrected chi connectivity index (χ2v) is 5.75. The van der Waals surface area contributed by atoms with E-state index in [9.17, 15) is 9.59 Å². The molecule has 0 fully saturated rings. The predicted octanol–water partition coefficient (Wildman–Crippen LogP) is 2.35. The molecule has 0 aliphatic heterocycles. The highest BCUT2D eigenvalue weighted by molar-refractivity contribution is 5.79. The highest BCUT2D eigenvalue weighted by Crippen LogP contribution is 2.17. The molecular weight excluding hydrogens is 302 g/mol. The summed E-state index contributed by atoms with van der Waals surface area (Å²) >= 11 is 0. The Kier molecular flexibility index (Phi) is 6.49. The zero-order valence-corrected chi connectivity index (χ0v) is 14.1. The molecule has 1 heterocycles. The molecule has 1 unspecified atom stereocenters. The van der Waals surface area contributed by atoms with Crippen LogP contribution in [0.2, 0.25) is 0 Å². The Morgan fingerprint density at radius 1 is 1.12 bits per heavy atom. The molecule has 2 amide bonds. The Bertz CT molecular complexity index is 659. The van der Waals surface area contributed by atoms with Crippen LogP contribution < -0.4 is 5.32 Å². The molecule has 0 aliphatic rings. The Balaban J connectivity index is 1.95. The van der Waals surface area contributed by atoms with Crippen LogP contribution in [-0.2, 0) is 16.0 Å². The van der Waals surface area contributed by atoms with Gasteiger partial charge >= 0.3 is 0 Å². The van der Waals surface area contributed by atoms with Crippen LogP contribution in [0.5, 0.6) is 0 Å². The monoisotopic (exact) mass is 325 g/mol. The first-order chi connectivity index (χ1) is 11.6. The van der Waals surface area contributed by atoms with E-state index in [0.29, 0.717) is 13.0 Å². The van der Waals surface area contributed by atoms with Crippen LogP contribution in [0.4, 0.5) is 0 Å². The second-order valence-electron chi connectivity index (χ2n) is 5.75. The number of pyridine rings is 1. The van der Waals surface area contributed by atoms with E-state index in [1.807, 2.05) is 48.5 Å². The number of hydrogen-bond donors (Lipinski definition) is 1. The number of benzene rings is 1. The Labute approximate surface area is 142 Å². The Hall–Kier alpha value is -2.69. The summed E-state index contributed by atoms with van der Waals surface area (Å²) in [5, 5.41) is 2.86. The lowest BCUT2D eigenvalue weighted by Crippen LogP contribution is -2.34. The van der Waals surface area contributed by atoms with Crippen LogP contribution in [-0.4, -0.2) is 35.3 Å². The molecule has 1 aromatic heterocycles. The predicted molar refractivity (Wildman–Crippen MR) is 93.2 cm³/mol. The molecule has 0 radical (unpaired) electrons. The average molecular weight is 325 g/mol. The topological polar surface area (TPSA) is 62.3 Å². The first kappa shape index (κ1) is 17.7. The van der Waals surface area contributed by atoms with Crippen molar-refractivity contribution in [2.75, 3.05) is 13.6 Å². The fourth-order valence-corrected chi connectivity index (χ4v) is 2.47. The molecule has 1 atom stereocenters. The Morgan fingerprint density at radius 3 is 2.46 bits per heavy atom. The molecule has 0 aliphatic carbocycles. The van der Waals surface area contributed by atoms with Gasteiger partial charge in [0.25, 0.3) is 0 Å². The standard InChI is InChI=1S/C19H23N3O2/c1-15(23)21-18(16-8-4-3-5-9-16)14-19(24)22(2)13-11-17-10-6-7-12-20-17/h3-10,12,18H,11,13-14H2,1-2H3,(H,21,23). The number of amides is 2. The molecule has 1 aromatic carbocycles. The zero-order valence-electron chi connectivity index (χ0n) is 14.1. The molecule has 0 saturated carbocycles. The van der Waals surface area contributed by atoms with Gasteiger partial charge in [0, 0.05) is 38.8 Å². The zero-order chi connectivity index (χ0) is 17.4. The van der Waals surface area contributed by atoms with Gasteiger partial charge in [-0.25, -0.2) is 0 Å². The van der Waals surface area contributed by atoms with Crippen LogP contribution in [0.25, 0.3) is 0 Å². The van der Waals surface area contributed by atoms with Gasteiger partial charge in [0.15, 0.2) is 0 Å². The third-order valence-corrected chi connectivity index (χ3v) is 3.81. The number of likely N-dealkylation sites (N-methyl/N-ethyl adjacent to an activating group) is 1. The van der Waals surface area contributed by atoms with Crippen LogP contribution in [0.15, 0.2) is 54.7 Å². The van der Waals surface area contributed by atoms with Crippen molar-refractivity contribution < 1.29 is 9.59 Å². The van der Waals surface area contributed by atoms with Crippen LogP contribution >= 0.6 is 0 Å². The highest BCUT2D eigenvalue weighted by Gasteiger charge is 2.19. The lowest BCUT2D eigenvalue weighted by Gasteiger charge is -2.22. The van der Waals surface area contributed by atoms with Crippen molar-refractivity contribution in [1.29, 1.82) is 0 Å². The molecule has 2 rings (SSSR count). The van der Waals surface area contributed by atoms with Gasteiger partial charge in [-0.1, -0.05) is 36.4 Å². The van der Waals surface area contributed by atoms with Crippen molar-refractivity contribution in [2.24, 2.45) is 0 Å². The smallest absolute Gasteiger partial charge is 0.224 e. The summed E-state index contributed by atoms with van der Waals surface area (Å²) in [5.41, 5.74) is 1.89. The average Bonchev–Trinajstić information content (AvgIpc) is 2.60. The quantitative estimate of drug-likeness (QED) is 0.850. The number of carbonyl (C=O) groups excluding carboxylic acids is 2. The van der Waals surface area contributed by atoms with Crippen molar-refractivity contribution in [1.82, 2.24) is 15.2 Å². The van der Waals surface area contributed by atoms with E-state index in [4.69, 9.17) is 0 Å². The highest BCUT2D eigenvalue weighted by atomic mass is 16.2. The van der Waals surface area contributed by atoms with Crippen molar-refractivity contribution >= 4 is 11.8 Å². The maximum absolute atomic E-state index is 12.5. The van der Waals surface area contributed by atoms with Crippen molar-refractivity contribution in [3.05, 3.63) is 66.0 Å². The summed E-state index contributed by atoms with van der Waals surface area (Å²) in [4.78, 5) is 29.9. The molecule has 0 spiro atoms. The molecule has 5 nitrogen and oxygen atoms in total. The van der Waals surface area contributed by atoms with Crippen molar-refractivity contribution in [3.63, 3.8) is 0 Å². The van der Waals surface area contributed by atoms with Gasteiger partial charge in [-0.05, 0) is 17.7 Å². The van der Waals surface area contributed by atoms with Gasteiger partial charge in [0.1, 0.15) is 0 Å². The van der Waals surface area contributed by atoms with E-state index in [1.54, 1.807) is 18.1 Å². The molecule has 126 valence electrons. The third-order valence-electron chi connectivity index (χ3n) is 3.81. The normalized spacial score (nSPS) is 11.6. The summed E-state index contributed by atoms with van der Waals surface area (Å²) in [6.07, 6.45) is 2.70. The Morgan fingerprint density at radius 2 is 1.83 bits per heavy atom. The lowest BCUT2D eigenvalue weighted by molar-refractivity contribution is -0.130. The summed E-state index contributed by atoms with van der Waals surface area (Å²) in [7, 11) is 1.78. The van der Waals surface area contributed by atoms with Crippen molar-refractivity contribution in [3.8, 4) is 0 Å². The molecule has 2 aromatic rings. The third kappa shape index (κ3) is 5.50. The maximum Gasteiger partial charge on any atom is 0.224 e. The molecule has 5 heteroatoms. The largest absolute Gasteiger partial charge is 0.349 e. The second kappa shape index (κ2) is 8.82. The number of nitrogens with one attached hydrogen (secondary N) is 1. The van der Waals surface area contributed by atoms with Crippen LogP contribution in [0.3, 0.4) is 0 Å². The van der Waals surface area contributed by atoms with Crippen LogP contribution in [0.1, 0.15) is 30.6 Å². The maximum atomic E-state index is 12.5. The SMILES string of the molecule is CC(=O)NC(CC(=O)N(C)CCc1ccccn1)c1ccccc1. The number of hydrogen-bond acceptors (Lipinski definition) is 3. The van der Waals surface area contributed by atoms with Gasteiger partial charge in [-0.15, -0.1) is 0 Å². The first-order valence-corrected chi connectivity index (χ1v) is 8.02. The summed E-state index contributed by atoms with van der Waals surface area (Å²) < 4.78 is 0. The molecule has 1 N–H and O–H groups in total. The van der Waals surface area contributed by atoms with Crippen LogP contribution in [0, 0.1) is 0 Å². The summed E-state index contributed by atoms with van der Waals surface area (Å²) in [6, 6.07) is 15.0. The van der Waals surface area contributed by atoms with E-state index >= 15 is 0 Å². The van der Waals surface area contributed by atoms with Crippen molar-refractivity contribution in [2.45, 2.75) is 25.8 Å². The number of nitrogens with zero attached hydrogens (tertiary/aromatic N) is 2. The van der Waals surface area contributed by atoms with E-state index in [2.05, 4.69) is 10.3 Å². The fraction of sp³-hybridized carbons (Fsp3) is 0.316. The number of carbonyl (C=O) groups is 2. The van der Waals surface area contributed by atoms with Gasteiger partial charge in [-0.3, -0.25) is 14.6 Å². The van der Waals surface area contributed by atoms with E-state index < -0.39 is 0 Å². The first-order valence-electron chi connectivity index (χ1n) is 8.02. The van der Waals surface area contributed by atoms with Gasteiger partial charge in [-0.2, -0.15) is 0 Å². The number of aromatic nitrogens is 1. The number of rotatable bonds is 7. The minimum atomic E-state index is -0.312. The van der Waals surface area contributed by atoms with E-state index in [-0.39, 0.29) is 24.3 Å². The fourth-order valence-electron chi connectivity index (χ4n) is 2.47. The molecule has 0 saturated heterocycles. The molecule has 24 heavy (non-hydrogen) atoms. The van der Waals surface area contributed by atoms with Gasteiger partial charge < -0.3 is 10.2 Å². The summed E-state index contributed by atoms with van der Waals surface area (Å²) in [6.45, 7) is 2.06. The minimum Gasteiger partial charge on any atom is -0.349 e. The van der Waals surface area contributed by atoms with E-state index in [1.165, 1.54) is 6.92 Å². The lowest BCUT2D eigenvalue weighted by atomic mass is 10.0. The minimum absolute atomic E-state index is 0.00599.